The van der Waals surface area contributed by atoms with E-state index < -0.39 is 0 Å². The summed E-state index contributed by atoms with van der Waals surface area (Å²) in [4.78, 5) is 0. The fourth-order valence-corrected chi connectivity index (χ4v) is 2.11. The lowest BCUT2D eigenvalue weighted by Gasteiger charge is -2.15. The van der Waals surface area contributed by atoms with Crippen molar-refractivity contribution in [1.29, 1.82) is 0 Å². The minimum absolute atomic E-state index is 0.308. The maximum absolute atomic E-state index is 5.84. The smallest absolute Gasteiger partial charge is 0.0518 e. The van der Waals surface area contributed by atoms with Crippen molar-refractivity contribution in [3.63, 3.8) is 0 Å². The molecule has 2 aromatic rings. The molecule has 0 aliphatic heterocycles. The van der Waals surface area contributed by atoms with E-state index in [-0.39, 0.29) is 0 Å². The molecule has 2 N–H and O–H groups in total. The second-order valence-corrected chi connectivity index (χ2v) is 5.14. The van der Waals surface area contributed by atoms with E-state index in [1.807, 2.05) is 36.1 Å². The van der Waals surface area contributed by atoms with E-state index in [4.69, 9.17) is 5.73 Å². The van der Waals surface area contributed by atoms with E-state index in [0.29, 0.717) is 12.5 Å². The van der Waals surface area contributed by atoms with Gasteiger partial charge in [-0.2, -0.15) is 5.10 Å². The van der Waals surface area contributed by atoms with Crippen LogP contribution in [0.1, 0.15) is 17.0 Å². The fraction of sp³-hybridized carbons (Fsp3) is 0.308. The van der Waals surface area contributed by atoms with Crippen molar-refractivity contribution in [2.75, 3.05) is 6.54 Å². The van der Waals surface area contributed by atoms with Crippen molar-refractivity contribution in [3.8, 4) is 0 Å². The molecule has 0 saturated carbocycles. The lowest BCUT2D eigenvalue weighted by Crippen LogP contribution is -2.18. The lowest BCUT2D eigenvalue weighted by molar-refractivity contribution is 0.521. The first-order valence-electron chi connectivity index (χ1n) is 5.63. The summed E-state index contributed by atoms with van der Waals surface area (Å²) < 4.78 is 3.04. The molecule has 1 heterocycles. The molecule has 90 valence electrons. The predicted octanol–water partition coefficient (Wildman–Crippen LogP) is 2.70. The van der Waals surface area contributed by atoms with Crippen LogP contribution in [0, 0.1) is 6.92 Å². The molecule has 2 rings (SSSR count). The maximum Gasteiger partial charge on any atom is 0.0518 e. The lowest BCUT2D eigenvalue weighted by atomic mass is 9.99. The largest absolute Gasteiger partial charge is 0.330 e. The van der Waals surface area contributed by atoms with Crippen molar-refractivity contribution >= 4 is 15.9 Å². The van der Waals surface area contributed by atoms with Crippen LogP contribution in [0.3, 0.4) is 0 Å². The zero-order valence-electron chi connectivity index (χ0n) is 9.81. The predicted molar refractivity (Wildman–Crippen MR) is 72.9 cm³/mol. The van der Waals surface area contributed by atoms with Crippen LogP contribution in [0.4, 0.5) is 0 Å². The van der Waals surface area contributed by atoms with Gasteiger partial charge in [-0.05, 0) is 30.2 Å². The van der Waals surface area contributed by atoms with E-state index in [2.05, 4.69) is 33.2 Å². The Balaban J connectivity index is 2.13. The minimum Gasteiger partial charge on any atom is -0.330 e. The zero-order chi connectivity index (χ0) is 12.3. The summed E-state index contributed by atoms with van der Waals surface area (Å²) in [6, 6.07) is 8.31. The Hall–Kier alpha value is -1.13. The van der Waals surface area contributed by atoms with Gasteiger partial charge in [-0.1, -0.05) is 28.1 Å². The second kappa shape index (κ2) is 5.47. The van der Waals surface area contributed by atoms with Crippen molar-refractivity contribution in [2.24, 2.45) is 5.73 Å². The molecule has 17 heavy (non-hydrogen) atoms. The number of benzene rings is 1. The zero-order valence-corrected chi connectivity index (χ0v) is 11.4. The van der Waals surface area contributed by atoms with Crippen LogP contribution < -0.4 is 5.73 Å². The molecule has 0 bridgehead atoms. The van der Waals surface area contributed by atoms with Gasteiger partial charge >= 0.3 is 0 Å². The molecule has 1 aromatic heterocycles. The van der Waals surface area contributed by atoms with Gasteiger partial charge in [-0.15, -0.1) is 0 Å². The second-order valence-electron chi connectivity index (χ2n) is 4.22. The van der Waals surface area contributed by atoms with Crippen LogP contribution in [0.5, 0.6) is 0 Å². The summed E-state index contributed by atoms with van der Waals surface area (Å²) >= 11 is 3.44. The van der Waals surface area contributed by atoms with E-state index in [9.17, 15) is 0 Å². The van der Waals surface area contributed by atoms with Crippen LogP contribution in [-0.4, -0.2) is 16.3 Å². The van der Waals surface area contributed by atoms with Crippen molar-refractivity contribution < 1.29 is 0 Å². The molecule has 0 saturated heterocycles. The highest BCUT2D eigenvalue weighted by molar-refractivity contribution is 9.10. The van der Waals surface area contributed by atoms with Gasteiger partial charge in [0.2, 0.25) is 0 Å². The van der Waals surface area contributed by atoms with Gasteiger partial charge in [0.1, 0.15) is 0 Å². The third-order valence-corrected chi connectivity index (χ3v) is 3.32. The van der Waals surface area contributed by atoms with Gasteiger partial charge in [-0.25, -0.2) is 0 Å². The monoisotopic (exact) mass is 293 g/mol. The molecule has 1 atom stereocenters. The number of nitrogens with two attached hydrogens (primary N) is 1. The number of aromatic nitrogens is 2. The highest BCUT2D eigenvalue weighted by Crippen LogP contribution is 2.19. The number of nitrogens with zero attached hydrogens (tertiary/aromatic N) is 2. The molecule has 1 aromatic carbocycles. The number of halogens is 1. The van der Waals surface area contributed by atoms with Gasteiger partial charge in [0.15, 0.2) is 0 Å². The SMILES string of the molecule is Cc1cnn(CC(CN)c2ccc(Br)cc2)c1. The Morgan fingerprint density at radius 2 is 2.06 bits per heavy atom. The van der Waals surface area contributed by atoms with Crippen LogP contribution in [0.15, 0.2) is 41.1 Å². The third kappa shape index (κ3) is 3.17. The average molecular weight is 294 g/mol. The molecule has 1 unspecified atom stereocenters. The summed E-state index contributed by atoms with van der Waals surface area (Å²) in [6.07, 6.45) is 3.91. The van der Waals surface area contributed by atoms with E-state index in [1.54, 1.807) is 0 Å². The first-order valence-corrected chi connectivity index (χ1v) is 6.43. The summed E-state index contributed by atoms with van der Waals surface area (Å²) in [7, 11) is 0. The fourth-order valence-electron chi connectivity index (χ4n) is 1.84. The summed E-state index contributed by atoms with van der Waals surface area (Å²) in [5, 5.41) is 4.30. The molecular formula is C13H16BrN3. The molecule has 0 amide bonds. The third-order valence-electron chi connectivity index (χ3n) is 2.80. The molecule has 0 radical (unpaired) electrons. The average Bonchev–Trinajstić information content (AvgIpc) is 2.73. The quantitative estimate of drug-likeness (QED) is 0.942. The van der Waals surface area contributed by atoms with Crippen molar-refractivity contribution in [2.45, 2.75) is 19.4 Å². The Morgan fingerprint density at radius 1 is 1.35 bits per heavy atom. The Labute approximate surface area is 110 Å². The Morgan fingerprint density at radius 3 is 2.59 bits per heavy atom. The number of rotatable bonds is 4. The van der Waals surface area contributed by atoms with E-state index in [0.717, 1.165) is 11.0 Å². The standard InChI is InChI=1S/C13H16BrN3/c1-10-7-16-17(8-10)9-12(6-15)11-2-4-13(14)5-3-11/h2-5,7-8,12H,6,9,15H2,1H3. The van der Waals surface area contributed by atoms with Gasteiger partial charge in [0.05, 0.1) is 6.20 Å². The number of hydrogen-bond acceptors (Lipinski definition) is 2. The minimum atomic E-state index is 0.308. The van der Waals surface area contributed by atoms with Crippen molar-refractivity contribution in [3.05, 3.63) is 52.3 Å². The first kappa shape index (κ1) is 12.3. The molecule has 0 spiro atoms. The van der Waals surface area contributed by atoms with Gasteiger partial charge in [-0.3, -0.25) is 4.68 Å². The number of aryl methyl sites for hydroxylation is 1. The Kier molecular flexibility index (Phi) is 3.97. The molecular weight excluding hydrogens is 278 g/mol. The van der Waals surface area contributed by atoms with Crippen LogP contribution in [0.25, 0.3) is 0 Å². The molecule has 4 heteroatoms. The number of hydrogen-bond donors (Lipinski definition) is 1. The highest BCUT2D eigenvalue weighted by atomic mass is 79.9. The van der Waals surface area contributed by atoms with Gasteiger partial charge in [0.25, 0.3) is 0 Å². The summed E-state index contributed by atoms with van der Waals surface area (Å²) in [5.74, 6) is 0.308. The molecule has 3 nitrogen and oxygen atoms in total. The summed E-state index contributed by atoms with van der Waals surface area (Å²) in [5.41, 5.74) is 8.28. The van der Waals surface area contributed by atoms with Crippen LogP contribution >= 0.6 is 15.9 Å². The maximum atomic E-state index is 5.84. The first-order chi connectivity index (χ1) is 8.19. The molecule has 0 aliphatic carbocycles. The highest BCUT2D eigenvalue weighted by Gasteiger charge is 2.10. The van der Waals surface area contributed by atoms with Crippen LogP contribution in [-0.2, 0) is 6.54 Å². The van der Waals surface area contributed by atoms with E-state index >= 15 is 0 Å². The summed E-state index contributed by atoms with van der Waals surface area (Å²) in [6.45, 7) is 3.49. The topological polar surface area (TPSA) is 43.8 Å². The molecule has 0 fully saturated rings. The van der Waals surface area contributed by atoms with Crippen molar-refractivity contribution in [1.82, 2.24) is 9.78 Å². The van der Waals surface area contributed by atoms with Gasteiger partial charge < -0.3 is 5.73 Å². The Bertz CT molecular complexity index is 476. The normalized spacial score (nSPS) is 12.6. The van der Waals surface area contributed by atoms with E-state index in [1.165, 1.54) is 11.1 Å². The van der Waals surface area contributed by atoms with Crippen LogP contribution in [0.2, 0.25) is 0 Å². The molecule has 0 aliphatic rings. The van der Waals surface area contributed by atoms with Gasteiger partial charge in [0, 0.05) is 29.7 Å².